The van der Waals surface area contributed by atoms with Crippen LogP contribution in [0.4, 0.5) is 5.69 Å². The van der Waals surface area contributed by atoms with Crippen molar-refractivity contribution in [3.05, 3.63) is 42.5 Å². The van der Waals surface area contributed by atoms with Crippen molar-refractivity contribution >= 4 is 11.8 Å². The van der Waals surface area contributed by atoms with Gasteiger partial charge in [0.05, 0.1) is 5.69 Å². The summed E-state index contributed by atoms with van der Waals surface area (Å²) in [5, 5.41) is 0. The van der Waals surface area contributed by atoms with Crippen LogP contribution in [0.3, 0.4) is 0 Å². The summed E-state index contributed by atoms with van der Waals surface area (Å²) in [6, 6.07) is 7.29. The molecule has 2 aromatic rings. The lowest BCUT2D eigenvalue weighted by atomic mass is 10.3. The molecule has 0 saturated heterocycles. The minimum absolute atomic E-state index is 0.603. The summed E-state index contributed by atoms with van der Waals surface area (Å²) in [4.78, 5) is 17.7. The van der Waals surface area contributed by atoms with Crippen LogP contribution in [0.15, 0.2) is 41.7 Å². The zero-order valence-corrected chi connectivity index (χ0v) is 8.21. The van der Waals surface area contributed by atoms with E-state index in [0.717, 1.165) is 11.5 Å². The SMILES string of the molecule is Cc1nccn1-c1ccc(N=C=O)cc1. The molecule has 0 fully saturated rings. The van der Waals surface area contributed by atoms with E-state index < -0.39 is 0 Å². The molecule has 15 heavy (non-hydrogen) atoms. The Hall–Kier alpha value is -2.19. The number of nitrogens with zero attached hydrogens (tertiary/aromatic N) is 3. The molecule has 1 aromatic carbocycles. The van der Waals surface area contributed by atoms with Crippen molar-refractivity contribution in [2.45, 2.75) is 6.92 Å². The molecule has 0 radical (unpaired) electrons. The van der Waals surface area contributed by atoms with Gasteiger partial charge in [0.1, 0.15) is 5.82 Å². The van der Waals surface area contributed by atoms with E-state index in [1.165, 1.54) is 6.08 Å². The van der Waals surface area contributed by atoms with Crippen LogP contribution in [0.25, 0.3) is 5.69 Å². The van der Waals surface area contributed by atoms with Crippen LogP contribution in [0.1, 0.15) is 5.82 Å². The molecular weight excluding hydrogens is 190 g/mol. The van der Waals surface area contributed by atoms with Crippen LogP contribution in [0.2, 0.25) is 0 Å². The number of benzene rings is 1. The fourth-order valence-corrected chi connectivity index (χ4v) is 1.39. The highest BCUT2D eigenvalue weighted by molar-refractivity contribution is 5.51. The summed E-state index contributed by atoms with van der Waals surface area (Å²) in [6.07, 6.45) is 5.13. The van der Waals surface area contributed by atoms with E-state index in [9.17, 15) is 4.79 Å². The first-order chi connectivity index (χ1) is 7.31. The zero-order chi connectivity index (χ0) is 10.7. The Labute approximate surface area is 86.9 Å². The Kier molecular flexibility index (Phi) is 2.44. The van der Waals surface area contributed by atoms with Crippen molar-refractivity contribution < 1.29 is 4.79 Å². The summed E-state index contributed by atoms with van der Waals surface area (Å²) in [6.45, 7) is 1.93. The average molecular weight is 199 g/mol. The van der Waals surface area contributed by atoms with Crippen LogP contribution in [-0.4, -0.2) is 15.6 Å². The molecule has 4 heteroatoms. The molecular formula is C11H9N3O. The predicted molar refractivity (Wildman–Crippen MR) is 56.1 cm³/mol. The van der Waals surface area contributed by atoms with Crippen LogP contribution < -0.4 is 0 Å². The van der Waals surface area contributed by atoms with Crippen LogP contribution in [-0.2, 0) is 4.79 Å². The van der Waals surface area contributed by atoms with Crippen LogP contribution in [0, 0.1) is 6.92 Å². The number of aryl methyl sites for hydroxylation is 1. The van der Waals surface area contributed by atoms with Gasteiger partial charge in [-0.1, -0.05) is 0 Å². The van der Waals surface area contributed by atoms with E-state index in [-0.39, 0.29) is 0 Å². The largest absolute Gasteiger partial charge is 0.304 e. The van der Waals surface area contributed by atoms with Crippen molar-refractivity contribution in [3.63, 3.8) is 0 Å². The van der Waals surface area contributed by atoms with E-state index in [1.54, 1.807) is 18.3 Å². The van der Waals surface area contributed by atoms with Crippen molar-refractivity contribution in [3.8, 4) is 5.69 Å². The zero-order valence-electron chi connectivity index (χ0n) is 8.21. The second-order valence-corrected chi connectivity index (χ2v) is 3.06. The first kappa shape index (κ1) is 9.37. The van der Waals surface area contributed by atoms with Gasteiger partial charge in [0, 0.05) is 18.1 Å². The van der Waals surface area contributed by atoms with E-state index >= 15 is 0 Å². The molecule has 0 saturated carbocycles. The number of imidazole rings is 1. The van der Waals surface area contributed by atoms with Gasteiger partial charge in [-0.05, 0) is 31.2 Å². The van der Waals surface area contributed by atoms with Gasteiger partial charge >= 0.3 is 0 Å². The molecule has 0 aliphatic rings. The van der Waals surface area contributed by atoms with Gasteiger partial charge in [-0.2, -0.15) is 4.99 Å². The number of rotatable bonds is 2. The summed E-state index contributed by atoms with van der Waals surface area (Å²) < 4.78 is 1.95. The number of aromatic nitrogens is 2. The Balaban J connectivity index is 2.40. The summed E-state index contributed by atoms with van der Waals surface area (Å²) in [5.41, 5.74) is 1.60. The van der Waals surface area contributed by atoms with Crippen LogP contribution >= 0.6 is 0 Å². The molecule has 0 amide bonds. The molecule has 0 aliphatic heterocycles. The van der Waals surface area contributed by atoms with Crippen molar-refractivity contribution in [2.24, 2.45) is 4.99 Å². The molecule has 0 bridgehead atoms. The maximum Gasteiger partial charge on any atom is 0.240 e. The highest BCUT2D eigenvalue weighted by Crippen LogP contribution is 2.16. The highest BCUT2D eigenvalue weighted by atomic mass is 16.1. The fourth-order valence-electron chi connectivity index (χ4n) is 1.39. The Bertz CT molecular complexity index is 507. The second kappa shape index (κ2) is 3.90. The third kappa shape index (κ3) is 1.85. The first-order valence-electron chi connectivity index (χ1n) is 4.49. The highest BCUT2D eigenvalue weighted by Gasteiger charge is 1.99. The van der Waals surface area contributed by atoms with Gasteiger partial charge < -0.3 is 4.57 Å². The summed E-state index contributed by atoms with van der Waals surface area (Å²) in [7, 11) is 0. The van der Waals surface area contributed by atoms with E-state index in [1.807, 2.05) is 29.8 Å². The number of aliphatic imine (C=N–C) groups is 1. The molecule has 0 N–H and O–H groups in total. The van der Waals surface area contributed by atoms with Gasteiger partial charge in [-0.3, -0.25) is 0 Å². The smallest absolute Gasteiger partial charge is 0.240 e. The quantitative estimate of drug-likeness (QED) is 0.549. The van der Waals surface area contributed by atoms with Crippen molar-refractivity contribution in [1.82, 2.24) is 9.55 Å². The molecule has 1 heterocycles. The van der Waals surface area contributed by atoms with Gasteiger partial charge in [0.15, 0.2) is 0 Å². The van der Waals surface area contributed by atoms with Gasteiger partial charge in [0.2, 0.25) is 6.08 Å². The summed E-state index contributed by atoms with van der Waals surface area (Å²) in [5.74, 6) is 0.918. The number of carbonyl (C=O) groups excluding carboxylic acids is 1. The molecule has 0 spiro atoms. The van der Waals surface area contributed by atoms with Crippen molar-refractivity contribution in [2.75, 3.05) is 0 Å². The lowest BCUT2D eigenvalue weighted by Gasteiger charge is -2.04. The lowest BCUT2D eigenvalue weighted by molar-refractivity contribution is 0.565. The summed E-state index contributed by atoms with van der Waals surface area (Å²) >= 11 is 0. The second-order valence-electron chi connectivity index (χ2n) is 3.06. The van der Waals surface area contributed by atoms with E-state index in [4.69, 9.17) is 0 Å². The minimum Gasteiger partial charge on any atom is -0.304 e. The molecule has 0 atom stereocenters. The Morgan fingerprint density at radius 3 is 2.60 bits per heavy atom. The number of isocyanates is 1. The maximum atomic E-state index is 10.0. The van der Waals surface area contributed by atoms with Gasteiger partial charge in [-0.25, -0.2) is 9.78 Å². The first-order valence-corrected chi connectivity index (χ1v) is 4.49. The number of hydrogen-bond acceptors (Lipinski definition) is 3. The molecule has 1 aromatic heterocycles. The van der Waals surface area contributed by atoms with E-state index in [0.29, 0.717) is 5.69 Å². The molecule has 0 unspecified atom stereocenters. The molecule has 0 aliphatic carbocycles. The van der Waals surface area contributed by atoms with Gasteiger partial charge in [-0.15, -0.1) is 0 Å². The predicted octanol–water partition coefficient (Wildman–Crippen LogP) is 2.15. The molecule has 74 valence electrons. The van der Waals surface area contributed by atoms with Crippen LogP contribution in [0.5, 0.6) is 0 Å². The normalized spacial score (nSPS) is 9.67. The maximum absolute atomic E-state index is 10.0. The topological polar surface area (TPSA) is 47.2 Å². The molecule has 2 rings (SSSR count). The van der Waals surface area contributed by atoms with Crippen molar-refractivity contribution in [1.29, 1.82) is 0 Å². The standard InChI is InChI=1S/C11H9N3O/c1-9-12-6-7-14(9)11-4-2-10(3-5-11)13-8-15/h2-7H,1H3. The fraction of sp³-hybridized carbons (Fsp3) is 0.0909. The third-order valence-corrected chi connectivity index (χ3v) is 2.13. The number of hydrogen-bond donors (Lipinski definition) is 0. The monoisotopic (exact) mass is 199 g/mol. The Morgan fingerprint density at radius 1 is 1.33 bits per heavy atom. The lowest BCUT2D eigenvalue weighted by Crippen LogP contribution is -1.94. The Morgan fingerprint density at radius 2 is 2.07 bits per heavy atom. The van der Waals surface area contributed by atoms with E-state index in [2.05, 4.69) is 9.98 Å². The molecule has 4 nitrogen and oxygen atoms in total. The third-order valence-electron chi connectivity index (χ3n) is 2.13. The minimum atomic E-state index is 0.603. The van der Waals surface area contributed by atoms with Gasteiger partial charge in [0.25, 0.3) is 0 Å². The average Bonchev–Trinajstić information content (AvgIpc) is 2.66.